The van der Waals surface area contributed by atoms with Gasteiger partial charge in [-0.2, -0.15) is 5.26 Å². The van der Waals surface area contributed by atoms with E-state index < -0.39 is 10.8 Å². The van der Waals surface area contributed by atoms with Crippen LogP contribution >= 0.6 is 0 Å². The normalized spacial score (nSPS) is 23.2. The molecule has 0 aromatic heterocycles. The third kappa shape index (κ3) is 5.17. The molecule has 114 valence electrons. The largest absolute Gasteiger partial charge is 0.493 e. The second-order valence-corrected chi connectivity index (χ2v) is 7.64. The van der Waals surface area contributed by atoms with E-state index in [1.165, 1.54) is 12.8 Å². The van der Waals surface area contributed by atoms with Crippen LogP contribution in [0, 0.1) is 17.2 Å². The smallest absolute Gasteiger partial charge is 0.119 e. The van der Waals surface area contributed by atoms with Crippen molar-refractivity contribution in [3.8, 4) is 11.8 Å². The summed E-state index contributed by atoms with van der Waals surface area (Å²) in [6, 6.07) is 9.67. The van der Waals surface area contributed by atoms with Crippen molar-refractivity contribution in [3.05, 3.63) is 29.8 Å². The molecular weight excluding hydrogens is 282 g/mol. The van der Waals surface area contributed by atoms with E-state index in [1.807, 2.05) is 24.3 Å². The zero-order valence-corrected chi connectivity index (χ0v) is 13.4. The molecule has 1 fully saturated rings. The van der Waals surface area contributed by atoms with Gasteiger partial charge in [0.2, 0.25) is 0 Å². The van der Waals surface area contributed by atoms with Gasteiger partial charge in [0.1, 0.15) is 5.75 Å². The lowest BCUT2D eigenvalue weighted by Gasteiger charge is -2.25. The highest BCUT2D eigenvalue weighted by atomic mass is 32.2. The molecule has 0 N–H and O–H groups in total. The average molecular weight is 305 g/mol. The highest BCUT2D eigenvalue weighted by molar-refractivity contribution is 7.85. The first-order chi connectivity index (χ1) is 10.2. The van der Waals surface area contributed by atoms with Gasteiger partial charge in [-0.1, -0.05) is 31.9 Å². The summed E-state index contributed by atoms with van der Waals surface area (Å²) in [7, 11) is -0.776. The van der Waals surface area contributed by atoms with Crippen molar-refractivity contribution in [1.82, 2.24) is 0 Å². The van der Waals surface area contributed by atoms with Crippen molar-refractivity contribution >= 4 is 10.8 Å². The lowest BCUT2D eigenvalue weighted by atomic mass is 9.91. The molecule has 0 aliphatic heterocycles. The van der Waals surface area contributed by atoms with Crippen LogP contribution in [0.2, 0.25) is 0 Å². The molecule has 1 aliphatic carbocycles. The van der Waals surface area contributed by atoms with Gasteiger partial charge in [0.05, 0.1) is 24.8 Å². The molecule has 4 heteroatoms. The van der Waals surface area contributed by atoms with E-state index in [-0.39, 0.29) is 0 Å². The van der Waals surface area contributed by atoms with Crippen LogP contribution in [0.3, 0.4) is 0 Å². The van der Waals surface area contributed by atoms with Gasteiger partial charge in [-0.05, 0) is 36.5 Å². The number of nitriles is 1. The highest BCUT2D eigenvalue weighted by Gasteiger charge is 2.23. The fourth-order valence-corrected chi connectivity index (χ4v) is 4.37. The molecule has 0 amide bonds. The van der Waals surface area contributed by atoms with Crippen LogP contribution in [0.4, 0.5) is 0 Å². The summed E-state index contributed by atoms with van der Waals surface area (Å²) in [5.74, 6) is 2.10. The van der Waals surface area contributed by atoms with E-state index in [0.29, 0.717) is 29.9 Å². The Morgan fingerprint density at radius 2 is 2.10 bits per heavy atom. The maximum atomic E-state index is 12.3. The minimum atomic E-state index is -0.776. The summed E-state index contributed by atoms with van der Waals surface area (Å²) in [4.78, 5) is 0. The predicted octanol–water partition coefficient (Wildman–Crippen LogP) is 3.46. The predicted molar refractivity (Wildman–Crippen MR) is 85.7 cm³/mol. The first kappa shape index (κ1) is 16.0. The second kappa shape index (κ2) is 8.19. The third-order valence-electron chi connectivity index (χ3n) is 4.02. The van der Waals surface area contributed by atoms with Gasteiger partial charge >= 0.3 is 0 Å². The Morgan fingerprint density at radius 1 is 1.33 bits per heavy atom. The molecule has 0 heterocycles. The summed E-state index contributed by atoms with van der Waals surface area (Å²) in [5.41, 5.74) is 0.990. The summed E-state index contributed by atoms with van der Waals surface area (Å²) >= 11 is 0. The van der Waals surface area contributed by atoms with Gasteiger partial charge in [-0.3, -0.25) is 4.21 Å². The van der Waals surface area contributed by atoms with Crippen LogP contribution in [-0.2, 0) is 17.2 Å². The van der Waals surface area contributed by atoms with E-state index in [0.717, 1.165) is 24.2 Å². The SMILES string of the molecule is CC1CCCC(S(=O)CCOc2ccc(CC#N)cc2)C1. The van der Waals surface area contributed by atoms with Crippen molar-refractivity contribution < 1.29 is 8.95 Å². The van der Waals surface area contributed by atoms with E-state index in [4.69, 9.17) is 10.00 Å². The Labute approximate surface area is 129 Å². The van der Waals surface area contributed by atoms with Gasteiger partial charge in [0, 0.05) is 16.0 Å². The highest BCUT2D eigenvalue weighted by Crippen LogP contribution is 2.27. The van der Waals surface area contributed by atoms with Crippen molar-refractivity contribution in [2.45, 2.75) is 44.3 Å². The topological polar surface area (TPSA) is 50.1 Å². The van der Waals surface area contributed by atoms with Gasteiger partial charge in [0.25, 0.3) is 0 Å². The Balaban J connectivity index is 1.73. The monoisotopic (exact) mass is 305 g/mol. The van der Waals surface area contributed by atoms with Gasteiger partial charge in [-0.25, -0.2) is 0 Å². The summed E-state index contributed by atoms with van der Waals surface area (Å²) < 4.78 is 17.9. The van der Waals surface area contributed by atoms with Crippen LogP contribution in [-0.4, -0.2) is 21.8 Å². The Hall–Kier alpha value is -1.34. The minimum Gasteiger partial charge on any atom is -0.493 e. The molecule has 2 rings (SSSR count). The number of rotatable bonds is 6. The van der Waals surface area contributed by atoms with Gasteiger partial charge < -0.3 is 4.74 Å². The first-order valence-electron chi connectivity index (χ1n) is 7.65. The van der Waals surface area contributed by atoms with Gasteiger partial charge in [-0.15, -0.1) is 0 Å². The second-order valence-electron chi connectivity index (χ2n) is 5.81. The zero-order chi connectivity index (χ0) is 15.1. The maximum absolute atomic E-state index is 12.3. The minimum absolute atomic E-state index is 0.357. The number of hydrogen-bond acceptors (Lipinski definition) is 3. The summed E-state index contributed by atoms with van der Waals surface area (Å²) in [5, 5.41) is 8.98. The summed E-state index contributed by atoms with van der Waals surface area (Å²) in [6.45, 7) is 2.75. The van der Waals surface area contributed by atoms with Crippen molar-refractivity contribution in [3.63, 3.8) is 0 Å². The Morgan fingerprint density at radius 3 is 2.76 bits per heavy atom. The molecule has 3 atom stereocenters. The van der Waals surface area contributed by atoms with E-state index in [1.54, 1.807) is 0 Å². The van der Waals surface area contributed by atoms with Crippen LogP contribution < -0.4 is 4.74 Å². The lowest BCUT2D eigenvalue weighted by Crippen LogP contribution is -2.26. The van der Waals surface area contributed by atoms with Crippen LogP contribution in [0.15, 0.2) is 24.3 Å². The van der Waals surface area contributed by atoms with E-state index >= 15 is 0 Å². The molecule has 0 spiro atoms. The molecule has 0 saturated heterocycles. The number of benzene rings is 1. The zero-order valence-electron chi connectivity index (χ0n) is 12.6. The molecule has 0 radical (unpaired) electrons. The molecule has 3 nitrogen and oxygen atoms in total. The van der Waals surface area contributed by atoms with Crippen molar-refractivity contribution in [1.29, 1.82) is 5.26 Å². The Kier molecular flexibility index (Phi) is 6.25. The molecule has 0 bridgehead atoms. The third-order valence-corrected chi connectivity index (χ3v) is 5.76. The van der Waals surface area contributed by atoms with E-state index in [9.17, 15) is 4.21 Å². The average Bonchev–Trinajstić information content (AvgIpc) is 2.49. The molecule has 1 aliphatic rings. The molecular formula is C17H23NO2S. The lowest BCUT2D eigenvalue weighted by molar-refractivity contribution is 0.340. The first-order valence-corrected chi connectivity index (χ1v) is 9.03. The molecule has 1 aromatic rings. The molecule has 21 heavy (non-hydrogen) atoms. The molecule has 1 aromatic carbocycles. The molecule has 1 saturated carbocycles. The summed E-state index contributed by atoms with van der Waals surface area (Å²) in [6.07, 6.45) is 5.09. The van der Waals surface area contributed by atoms with Crippen LogP contribution in [0.25, 0.3) is 0 Å². The Bertz CT molecular complexity index is 507. The van der Waals surface area contributed by atoms with Crippen LogP contribution in [0.5, 0.6) is 5.75 Å². The van der Waals surface area contributed by atoms with Crippen molar-refractivity contribution in [2.24, 2.45) is 5.92 Å². The maximum Gasteiger partial charge on any atom is 0.119 e. The number of ether oxygens (including phenoxy) is 1. The number of nitrogens with zero attached hydrogens (tertiary/aromatic N) is 1. The number of hydrogen-bond donors (Lipinski definition) is 0. The van der Waals surface area contributed by atoms with Crippen molar-refractivity contribution in [2.75, 3.05) is 12.4 Å². The van der Waals surface area contributed by atoms with Gasteiger partial charge in [0.15, 0.2) is 0 Å². The standard InChI is InChI=1S/C17H23NO2S/c1-14-3-2-4-17(13-14)21(19)12-11-20-16-7-5-15(6-8-16)9-10-18/h5-8,14,17H,2-4,9,11-13H2,1H3. The fraction of sp³-hybridized carbons (Fsp3) is 0.588. The fourth-order valence-electron chi connectivity index (χ4n) is 2.82. The molecule has 3 unspecified atom stereocenters. The van der Waals surface area contributed by atoms with E-state index in [2.05, 4.69) is 13.0 Å². The van der Waals surface area contributed by atoms with Crippen LogP contribution in [0.1, 0.15) is 38.2 Å². The quantitative estimate of drug-likeness (QED) is 0.808.